The number of fused-ring (bicyclic) bond motifs is 1. The zero-order chi connectivity index (χ0) is 18.7. The summed E-state index contributed by atoms with van der Waals surface area (Å²) >= 11 is 0. The second kappa shape index (κ2) is 7.44. The second-order valence-corrected chi connectivity index (χ2v) is 6.23. The number of nitrogens with one attached hydrogen (secondary N) is 2. The summed E-state index contributed by atoms with van der Waals surface area (Å²) in [6.07, 6.45) is 0.0422. The zero-order valence-corrected chi connectivity index (χ0v) is 15.1. The van der Waals surface area contributed by atoms with Gasteiger partial charge >= 0.3 is 0 Å². The molecule has 26 heavy (non-hydrogen) atoms. The molecule has 3 rings (SSSR count). The van der Waals surface area contributed by atoms with Crippen LogP contribution in [0.5, 0.6) is 5.75 Å². The van der Waals surface area contributed by atoms with Gasteiger partial charge in [0.1, 0.15) is 5.75 Å². The van der Waals surface area contributed by atoms with Crippen LogP contribution in [0.3, 0.4) is 0 Å². The topological polar surface area (TPSA) is 71.2 Å². The van der Waals surface area contributed by atoms with E-state index in [1.807, 2.05) is 44.2 Å². The number of benzene rings is 2. The first-order chi connectivity index (χ1) is 12.5. The van der Waals surface area contributed by atoms with Gasteiger partial charge in [0.2, 0.25) is 0 Å². The van der Waals surface area contributed by atoms with E-state index < -0.39 is 6.10 Å². The molecule has 134 valence electrons. The molecule has 1 heterocycles. The lowest BCUT2D eigenvalue weighted by Crippen LogP contribution is -2.30. The highest BCUT2D eigenvalue weighted by Gasteiger charge is 2.15. The van der Waals surface area contributed by atoms with Crippen LogP contribution in [0.4, 0.5) is 5.69 Å². The third-order valence-corrected chi connectivity index (χ3v) is 4.44. The van der Waals surface area contributed by atoms with Crippen LogP contribution >= 0.6 is 0 Å². The molecule has 0 fully saturated rings. The summed E-state index contributed by atoms with van der Waals surface area (Å²) < 4.78 is 5.63. The molecule has 0 aliphatic heterocycles. The van der Waals surface area contributed by atoms with Crippen LogP contribution in [-0.4, -0.2) is 17.0 Å². The minimum absolute atomic E-state index is 0.0817. The van der Waals surface area contributed by atoms with Crippen LogP contribution in [0.1, 0.15) is 25.0 Å². The van der Waals surface area contributed by atoms with Crippen LogP contribution < -0.4 is 15.6 Å². The van der Waals surface area contributed by atoms with Gasteiger partial charge in [0.15, 0.2) is 6.10 Å². The summed E-state index contributed by atoms with van der Waals surface area (Å²) in [6, 6.07) is 14.7. The predicted octanol–water partition coefficient (Wildman–Crippen LogP) is 3.80. The van der Waals surface area contributed by atoms with Crippen molar-refractivity contribution in [3.63, 3.8) is 0 Å². The van der Waals surface area contributed by atoms with Crippen LogP contribution in [0, 0.1) is 6.92 Å². The van der Waals surface area contributed by atoms with E-state index in [4.69, 9.17) is 4.74 Å². The average molecular weight is 350 g/mol. The van der Waals surface area contributed by atoms with Crippen molar-refractivity contribution < 1.29 is 9.53 Å². The summed E-state index contributed by atoms with van der Waals surface area (Å²) in [4.78, 5) is 27.4. The van der Waals surface area contributed by atoms with E-state index >= 15 is 0 Å². The van der Waals surface area contributed by atoms with Crippen molar-refractivity contribution in [2.24, 2.45) is 0 Å². The van der Waals surface area contributed by atoms with E-state index in [9.17, 15) is 9.59 Å². The molecule has 1 amide bonds. The molecule has 0 aliphatic carbocycles. The predicted molar refractivity (Wildman–Crippen MR) is 104 cm³/mol. The number of aromatic amines is 1. The normalized spacial score (nSPS) is 12.0. The molecule has 0 saturated carbocycles. The Morgan fingerprint density at radius 1 is 1.19 bits per heavy atom. The number of carbonyl (C=O) groups is 1. The highest BCUT2D eigenvalue weighted by molar-refractivity contribution is 5.96. The molecular weight excluding hydrogens is 328 g/mol. The first kappa shape index (κ1) is 17.7. The summed E-state index contributed by atoms with van der Waals surface area (Å²) in [5.74, 6) is 0.387. The maximum atomic E-state index is 12.4. The van der Waals surface area contributed by atoms with Gasteiger partial charge in [-0.2, -0.15) is 0 Å². The van der Waals surface area contributed by atoms with Crippen molar-refractivity contribution >= 4 is 22.5 Å². The highest BCUT2D eigenvalue weighted by Crippen LogP contribution is 2.22. The molecule has 1 aromatic heterocycles. The Balaban J connectivity index is 1.80. The van der Waals surface area contributed by atoms with Gasteiger partial charge in [-0.15, -0.1) is 0 Å². The van der Waals surface area contributed by atoms with Crippen LogP contribution in [-0.2, 0) is 11.2 Å². The fraction of sp³-hybridized carbons (Fsp3) is 0.238. The maximum absolute atomic E-state index is 12.4. The Bertz CT molecular complexity index is 993. The molecule has 5 nitrogen and oxygen atoms in total. The van der Waals surface area contributed by atoms with Crippen molar-refractivity contribution in [3.8, 4) is 5.75 Å². The number of pyridine rings is 1. The molecule has 0 saturated heterocycles. The minimum atomic E-state index is -0.642. The Hall–Kier alpha value is -3.08. The molecule has 0 radical (unpaired) electrons. The number of ether oxygens (including phenoxy) is 1. The molecule has 0 aliphatic rings. The summed E-state index contributed by atoms with van der Waals surface area (Å²) in [5.41, 5.74) is 3.01. The van der Waals surface area contributed by atoms with E-state index in [0.717, 1.165) is 16.5 Å². The van der Waals surface area contributed by atoms with Crippen LogP contribution in [0.25, 0.3) is 10.9 Å². The molecular formula is C21H22N2O3. The van der Waals surface area contributed by atoms with Gasteiger partial charge in [0.05, 0.1) is 5.52 Å². The number of aromatic nitrogens is 1. The van der Waals surface area contributed by atoms with E-state index in [0.29, 0.717) is 23.4 Å². The quantitative estimate of drug-likeness (QED) is 0.735. The Morgan fingerprint density at radius 2 is 1.92 bits per heavy atom. The third kappa shape index (κ3) is 3.61. The van der Waals surface area contributed by atoms with E-state index in [2.05, 4.69) is 10.3 Å². The first-order valence-corrected chi connectivity index (χ1v) is 8.67. The Kier molecular flexibility index (Phi) is 5.07. The largest absolute Gasteiger partial charge is 0.481 e. The third-order valence-electron chi connectivity index (χ3n) is 4.44. The van der Waals surface area contributed by atoms with Gasteiger partial charge in [-0.1, -0.05) is 31.2 Å². The van der Waals surface area contributed by atoms with Gasteiger partial charge in [-0.3, -0.25) is 9.59 Å². The lowest BCUT2D eigenvalue weighted by Gasteiger charge is -2.15. The molecule has 5 heteroatoms. The van der Waals surface area contributed by atoms with E-state index in [1.165, 1.54) is 0 Å². The summed E-state index contributed by atoms with van der Waals surface area (Å²) in [6.45, 7) is 5.61. The molecule has 2 N–H and O–H groups in total. The van der Waals surface area contributed by atoms with Crippen molar-refractivity contribution in [1.29, 1.82) is 0 Å². The van der Waals surface area contributed by atoms with Crippen molar-refractivity contribution in [1.82, 2.24) is 4.98 Å². The summed E-state index contributed by atoms with van der Waals surface area (Å²) in [7, 11) is 0. The van der Waals surface area contributed by atoms with Gasteiger partial charge in [-0.25, -0.2) is 0 Å². The number of hydrogen-bond acceptors (Lipinski definition) is 3. The first-order valence-electron chi connectivity index (χ1n) is 8.67. The van der Waals surface area contributed by atoms with Crippen molar-refractivity contribution in [3.05, 3.63) is 70.0 Å². The van der Waals surface area contributed by atoms with Crippen molar-refractivity contribution in [2.75, 3.05) is 5.32 Å². The lowest BCUT2D eigenvalue weighted by molar-refractivity contribution is -0.122. The number of hydrogen-bond donors (Lipinski definition) is 2. The fourth-order valence-electron chi connectivity index (χ4n) is 3.01. The van der Waals surface area contributed by atoms with Crippen LogP contribution in [0.2, 0.25) is 0 Å². The SMILES string of the molecule is CCc1c(C)c2ccc(NC(=O)C(C)Oc3ccccc3)cc2[nH]c1=O. The minimum Gasteiger partial charge on any atom is -0.481 e. The number of aryl methyl sites for hydroxylation is 1. The lowest BCUT2D eigenvalue weighted by atomic mass is 10.0. The maximum Gasteiger partial charge on any atom is 0.265 e. The number of amides is 1. The number of anilines is 1. The average Bonchev–Trinajstić information content (AvgIpc) is 2.62. The van der Waals surface area contributed by atoms with Gasteiger partial charge < -0.3 is 15.0 Å². The van der Waals surface area contributed by atoms with Gasteiger partial charge in [0.25, 0.3) is 11.5 Å². The Labute approximate surface area is 152 Å². The summed E-state index contributed by atoms with van der Waals surface area (Å²) in [5, 5.41) is 3.82. The fourth-order valence-corrected chi connectivity index (χ4v) is 3.01. The molecule has 0 bridgehead atoms. The number of para-hydroxylation sites is 1. The second-order valence-electron chi connectivity index (χ2n) is 6.23. The molecule has 2 aromatic carbocycles. The van der Waals surface area contributed by atoms with E-state index in [-0.39, 0.29) is 11.5 Å². The van der Waals surface area contributed by atoms with E-state index in [1.54, 1.807) is 25.1 Å². The molecule has 1 atom stereocenters. The molecule has 3 aromatic rings. The number of rotatable bonds is 5. The number of H-pyrrole nitrogens is 1. The highest BCUT2D eigenvalue weighted by atomic mass is 16.5. The van der Waals surface area contributed by atoms with Gasteiger partial charge in [-0.05, 0) is 50.1 Å². The van der Waals surface area contributed by atoms with Gasteiger partial charge in [0, 0.05) is 16.6 Å². The zero-order valence-electron chi connectivity index (χ0n) is 15.1. The van der Waals surface area contributed by atoms with Crippen LogP contribution in [0.15, 0.2) is 53.3 Å². The van der Waals surface area contributed by atoms with Crippen molar-refractivity contribution in [2.45, 2.75) is 33.3 Å². The standard InChI is InChI=1S/C21H22N2O3/c1-4-17-13(2)18-11-10-15(12-19(18)23-21(17)25)22-20(24)14(3)26-16-8-6-5-7-9-16/h5-12,14H,4H2,1-3H3,(H,22,24)(H,23,25). The Morgan fingerprint density at radius 3 is 2.62 bits per heavy atom. The number of carbonyl (C=O) groups excluding carboxylic acids is 1. The molecule has 0 spiro atoms. The smallest absolute Gasteiger partial charge is 0.265 e. The monoisotopic (exact) mass is 350 g/mol. The molecule has 1 unspecified atom stereocenters.